The van der Waals surface area contributed by atoms with Gasteiger partial charge in [0.15, 0.2) is 0 Å². The summed E-state index contributed by atoms with van der Waals surface area (Å²) in [5.74, 6) is -8.81. The van der Waals surface area contributed by atoms with E-state index < -0.39 is 48.3 Å². The summed E-state index contributed by atoms with van der Waals surface area (Å²) >= 11 is 0. The summed E-state index contributed by atoms with van der Waals surface area (Å²) in [5, 5.41) is 11.3. The molecule has 2 amide bonds. The Morgan fingerprint density at radius 1 is 1.09 bits per heavy atom. The normalized spacial score (nSPS) is 20.8. The third-order valence-corrected chi connectivity index (χ3v) is 6.56. The number of amides is 2. The zero-order valence-electron chi connectivity index (χ0n) is 18.1. The van der Waals surface area contributed by atoms with Crippen LogP contribution < -0.4 is 5.32 Å². The fourth-order valence-corrected chi connectivity index (χ4v) is 4.40. The molecule has 0 radical (unpaired) electrons. The van der Waals surface area contributed by atoms with Crippen molar-refractivity contribution in [2.75, 3.05) is 20.2 Å². The van der Waals surface area contributed by atoms with Crippen LogP contribution in [-0.4, -0.2) is 60.1 Å². The van der Waals surface area contributed by atoms with E-state index in [1.807, 2.05) is 48.5 Å². The molecule has 4 rings (SSSR count). The van der Waals surface area contributed by atoms with E-state index >= 15 is 0 Å². The number of hydrogen-bond acceptors (Lipinski definition) is 4. The topological polar surface area (TPSA) is 95.9 Å². The van der Waals surface area contributed by atoms with Crippen molar-refractivity contribution >= 4 is 18.0 Å². The van der Waals surface area contributed by atoms with Crippen LogP contribution in [0, 0.1) is 11.8 Å². The van der Waals surface area contributed by atoms with Crippen molar-refractivity contribution in [1.82, 2.24) is 10.2 Å². The highest BCUT2D eigenvalue weighted by Gasteiger charge is 2.72. The van der Waals surface area contributed by atoms with E-state index in [1.54, 1.807) is 0 Å². The van der Waals surface area contributed by atoms with E-state index in [0.29, 0.717) is 0 Å². The van der Waals surface area contributed by atoms with Gasteiger partial charge in [0.25, 0.3) is 5.92 Å². The zero-order chi connectivity index (χ0) is 23.9. The van der Waals surface area contributed by atoms with Crippen LogP contribution in [0.25, 0.3) is 11.1 Å². The van der Waals surface area contributed by atoms with Crippen molar-refractivity contribution in [3.8, 4) is 11.1 Å². The average molecular weight is 458 g/mol. The molecule has 174 valence electrons. The number of likely N-dealkylation sites (N-methyl/N-ethyl adjacent to an activating group) is 1. The van der Waals surface area contributed by atoms with Crippen LogP contribution in [0.2, 0.25) is 0 Å². The molecule has 2 aliphatic rings. The van der Waals surface area contributed by atoms with Gasteiger partial charge in [-0.1, -0.05) is 48.5 Å². The summed E-state index contributed by atoms with van der Waals surface area (Å²) < 4.78 is 33.7. The zero-order valence-corrected chi connectivity index (χ0v) is 18.1. The van der Waals surface area contributed by atoms with Gasteiger partial charge in [-0.3, -0.25) is 4.79 Å². The lowest BCUT2D eigenvalue weighted by Crippen LogP contribution is -2.42. The monoisotopic (exact) mass is 458 g/mol. The summed E-state index contributed by atoms with van der Waals surface area (Å²) in [7, 11) is 1.17. The molecule has 2 aromatic rings. The Hall–Kier alpha value is -3.49. The first kappa shape index (κ1) is 22.7. The van der Waals surface area contributed by atoms with Crippen molar-refractivity contribution in [2.45, 2.75) is 24.8 Å². The standard InChI is InChI=1S/C24H24F2N2O5/c1-13(22(30)31)28(2)21(29)20-19(24(20,25)26)11-27-23(32)33-12-18-16-9-5-3-7-14(16)15-8-4-6-10-17(15)18/h3-10,13,18-20H,11-12H2,1-2H3,(H,27,32)(H,30,31)/t13-,19-,20-/m0/s1. The fourth-order valence-electron chi connectivity index (χ4n) is 4.40. The number of benzene rings is 2. The van der Waals surface area contributed by atoms with Gasteiger partial charge >= 0.3 is 12.1 Å². The predicted molar refractivity (Wildman–Crippen MR) is 115 cm³/mol. The molecule has 33 heavy (non-hydrogen) atoms. The van der Waals surface area contributed by atoms with Crippen LogP contribution in [0.3, 0.4) is 0 Å². The Balaban J connectivity index is 1.33. The molecule has 2 aliphatic carbocycles. The number of hydrogen-bond donors (Lipinski definition) is 2. The van der Waals surface area contributed by atoms with Gasteiger partial charge in [-0.15, -0.1) is 0 Å². The first-order chi connectivity index (χ1) is 15.6. The summed E-state index contributed by atoms with van der Waals surface area (Å²) in [6.07, 6.45) is -0.849. The first-order valence-corrected chi connectivity index (χ1v) is 10.6. The Kier molecular flexibility index (Phi) is 5.82. The minimum atomic E-state index is -3.32. The highest BCUT2D eigenvalue weighted by Crippen LogP contribution is 2.55. The molecule has 1 fully saturated rings. The summed E-state index contributed by atoms with van der Waals surface area (Å²) in [5.41, 5.74) is 4.20. The lowest BCUT2D eigenvalue weighted by atomic mass is 9.98. The quantitative estimate of drug-likeness (QED) is 0.664. The molecule has 1 saturated carbocycles. The number of nitrogens with zero attached hydrogens (tertiary/aromatic N) is 1. The number of carbonyl (C=O) groups is 3. The Morgan fingerprint density at radius 2 is 1.64 bits per heavy atom. The highest BCUT2D eigenvalue weighted by molar-refractivity contribution is 5.88. The summed E-state index contributed by atoms with van der Waals surface area (Å²) in [4.78, 5) is 36.3. The summed E-state index contributed by atoms with van der Waals surface area (Å²) in [6.45, 7) is 0.836. The number of fused-ring (bicyclic) bond motifs is 3. The van der Waals surface area contributed by atoms with Crippen molar-refractivity contribution in [1.29, 1.82) is 0 Å². The molecule has 2 aromatic carbocycles. The Labute approximate surface area is 189 Å². The smallest absolute Gasteiger partial charge is 0.407 e. The number of nitrogens with one attached hydrogen (secondary N) is 1. The molecule has 0 bridgehead atoms. The maximum Gasteiger partial charge on any atom is 0.407 e. The largest absolute Gasteiger partial charge is 0.480 e. The molecule has 3 atom stereocenters. The van der Waals surface area contributed by atoms with Crippen LogP contribution >= 0.6 is 0 Å². The minimum Gasteiger partial charge on any atom is -0.480 e. The number of carboxylic acid groups (broad SMARTS) is 1. The SMILES string of the molecule is C[C@@H](C(=O)O)N(C)C(=O)[C@@H]1[C@H](CNC(=O)OCC2c3ccccc3-c3ccccc32)C1(F)F. The van der Waals surface area contributed by atoms with E-state index in [0.717, 1.165) is 27.2 Å². The van der Waals surface area contributed by atoms with E-state index in [4.69, 9.17) is 9.84 Å². The van der Waals surface area contributed by atoms with Crippen LogP contribution in [-0.2, 0) is 14.3 Å². The van der Waals surface area contributed by atoms with Gasteiger partial charge in [-0.25, -0.2) is 18.4 Å². The fraction of sp³-hybridized carbons (Fsp3) is 0.375. The molecule has 0 heterocycles. The number of halogens is 2. The Morgan fingerprint density at radius 3 is 2.18 bits per heavy atom. The van der Waals surface area contributed by atoms with Gasteiger partial charge in [0, 0.05) is 19.5 Å². The van der Waals surface area contributed by atoms with Gasteiger partial charge < -0.3 is 20.1 Å². The van der Waals surface area contributed by atoms with E-state index in [9.17, 15) is 23.2 Å². The second-order valence-electron chi connectivity index (χ2n) is 8.43. The van der Waals surface area contributed by atoms with Gasteiger partial charge in [-0.05, 0) is 29.2 Å². The number of carbonyl (C=O) groups excluding carboxylic acids is 2. The molecule has 7 nitrogen and oxygen atoms in total. The second kappa shape index (κ2) is 8.46. The average Bonchev–Trinajstić information content (AvgIpc) is 3.20. The van der Waals surface area contributed by atoms with Gasteiger partial charge in [0.05, 0.1) is 5.92 Å². The molecule has 9 heteroatoms. The van der Waals surface area contributed by atoms with Crippen LogP contribution in [0.15, 0.2) is 48.5 Å². The molecule has 0 saturated heterocycles. The lowest BCUT2D eigenvalue weighted by Gasteiger charge is -2.21. The van der Waals surface area contributed by atoms with E-state index in [-0.39, 0.29) is 12.5 Å². The van der Waals surface area contributed by atoms with Crippen LogP contribution in [0.5, 0.6) is 0 Å². The van der Waals surface area contributed by atoms with E-state index in [1.165, 1.54) is 14.0 Å². The third-order valence-electron chi connectivity index (χ3n) is 6.56. The van der Waals surface area contributed by atoms with Crippen molar-refractivity contribution in [2.24, 2.45) is 11.8 Å². The number of rotatable bonds is 7. The minimum absolute atomic E-state index is 0.0438. The van der Waals surface area contributed by atoms with Crippen molar-refractivity contribution in [3.05, 3.63) is 59.7 Å². The number of aliphatic carboxylic acids is 1. The molecule has 0 aliphatic heterocycles. The number of carboxylic acids is 1. The lowest BCUT2D eigenvalue weighted by molar-refractivity contribution is -0.149. The maximum atomic E-state index is 14.2. The van der Waals surface area contributed by atoms with Crippen molar-refractivity contribution < 1.29 is 33.0 Å². The van der Waals surface area contributed by atoms with E-state index in [2.05, 4.69) is 5.32 Å². The molecular weight excluding hydrogens is 434 g/mol. The molecule has 0 aromatic heterocycles. The number of ether oxygens (including phenoxy) is 1. The van der Waals surface area contributed by atoms with Crippen molar-refractivity contribution in [3.63, 3.8) is 0 Å². The highest BCUT2D eigenvalue weighted by atomic mass is 19.3. The third kappa shape index (κ3) is 4.03. The maximum absolute atomic E-state index is 14.2. The molecular formula is C24H24F2N2O5. The molecule has 0 unspecified atom stereocenters. The van der Waals surface area contributed by atoms with Crippen LogP contribution in [0.4, 0.5) is 13.6 Å². The number of alkyl halides is 2. The van der Waals surface area contributed by atoms with Gasteiger partial charge in [0.1, 0.15) is 18.6 Å². The molecule has 0 spiro atoms. The number of alkyl carbamates (subject to hydrolysis) is 1. The van der Waals surface area contributed by atoms with Crippen LogP contribution in [0.1, 0.15) is 24.0 Å². The first-order valence-electron chi connectivity index (χ1n) is 10.6. The Bertz CT molecular complexity index is 1060. The van der Waals surface area contributed by atoms with Gasteiger partial charge in [0.2, 0.25) is 5.91 Å². The molecule has 2 N–H and O–H groups in total. The summed E-state index contributed by atoms with van der Waals surface area (Å²) in [6, 6.07) is 14.4. The van der Waals surface area contributed by atoms with Gasteiger partial charge in [-0.2, -0.15) is 0 Å². The second-order valence-corrected chi connectivity index (χ2v) is 8.43. The predicted octanol–water partition coefficient (Wildman–Crippen LogP) is 3.34.